The maximum absolute atomic E-state index is 14.6. The fourth-order valence-electron chi connectivity index (χ4n) is 11.9. The molecule has 5 heterocycles. The van der Waals surface area contributed by atoms with Crippen molar-refractivity contribution in [2.24, 2.45) is 17.8 Å². The predicted molar refractivity (Wildman–Crippen MR) is 278 cm³/mol. The molecule has 4 aliphatic heterocycles. The van der Waals surface area contributed by atoms with E-state index in [4.69, 9.17) is 42.6 Å². The van der Waals surface area contributed by atoms with E-state index in [1.165, 1.54) is 13.1 Å². The van der Waals surface area contributed by atoms with E-state index in [-0.39, 0.29) is 68.1 Å². The number of aromatic nitrogens is 1. The number of aliphatic hydroxyl groups is 4. The number of carboxylic acids is 1. The summed E-state index contributed by atoms with van der Waals surface area (Å²) >= 11 is 0. The van der Waals surface area contributed by atoms with Gasteiger partial charge in [0.25, 0.3) is 0 Å². The van der Waals surface area contributed by atoms with Crippen LogP contribution in [0.5, 0.6) is 5.75 Å². The Bertz CT molecular complexity index is 2340. The highest BCUT2D eigenvalue weighted by atomic mass is 16.7. The minimum atomic E-state index is -1.85. The zero-order chi connectivity index (χ0) is 55.5. The standard InChI is InChI=1S/C55H87N3O17/c1-15-41-55(10,66)47(61)34(6)57(13)28-30(2)26-53(8,65)48(75-52-45(60)39(56(11)12)23-31(3)71-52)32(4)46(33(5)51(64)73-41)74-42-27-54(9,67-14)49(35(7)72-42)70-22-21-68-19-16-17-36-24-37-43-40(25-36)69-20-18-58(43)29-38(44(37)59)50(62)63/h16-17,24-25,29-35,39,41-42,45-49,52,60-61,65-66H,15,18-23,26-28H2,1-14H3,(H,62,63)/b17-16+/t30-,31-,32+,33-,34-,35+,39+,41-,42+,45-,46+,47-,48-,49+,52+,53-,54-,55-/m1/s1. The Kier molecular flexibility index (Phi) is 20.2. The van der Waals surface area contributed by atoms with Crippen molar-refractivity contribution in [1.29, 1.82) is 0 Å². The molecule has 20 heteroatoms. The van der Waals surface area contributed by atoms with E-state index in [1.807, 2.05) is 65.6 Å². The van der Waals surface area contributed by atoms with Crippen LogP contribution < -0.4 is 10.2 Å². The number of carbonyl (C=O) groups excluding carboxylic acids is 1. The van der Waals surface area contributed by atoms with Crippen LogP contribution in [-0.2, 0) is 49.2 Å². The molecule has 2 aromatic rings. The third kappa shape index (κ3) is 13.6. The summed E-state index contributed by atoms with van der Waals surface area (Å²) in [6.45, 7) is 19.6. The summed E-state index contributed by atoms with van der Waals surface area (Å²) in [4.78, 5) is 43.3. The fourth-order valence-corrected chi connectivity index (χ4v) is 11.9. The average Bonchev–Trinajstić information content (AvgIpc) is 3.34. The Balaban J connectivity index is 1.21. The highest BCUT2D eigenvalue weighted by Crippen LogP contribution is 2.41. The number of benzene rings is 1. The summed E-state index contributed by atoms with van der Waals surface area (Å²) < 4.78 is 58.9. The first-order chi connectivity index (χ1) is 35.1. The molecule has 0 saturated carbocycles. The number of esters is 1. The molecule has 0 unspecified atom stereocenters. The number of carbonyl (C=O) groups is 2. The van der Waals surface area contributed by atoms with Crippen LogP contribution in [0.4, 0.5) is 0 Å². The predicted octanol–water partition coefficient (Wildman–Crippen LogP) is 4.06. The first-order valence-electron chi connectivity index (χ1n) is 26.6. The van der Waals surface area contributed by atoms with Gasteiger partial charge in [0.05, 0.1) is 78.8 Å². The van der Waals surface area contributed by atoms with Gasteiger partial charge in [-0.2, -0.15) is 0 Å². The second kappa shape index (κ2) is 25.0. The van der Waals surface area contributed by atoms with Crippen molar-refractivity contribution in [2.75, 3.05) is 61.2 Å². The van der Waals surface area contributed by atoms with Gasteiger partial charge in [0.2, 0.25) is 5.43 Å². The maximum atomic E-state index is 14.6. The third-order valence-electron chi connectivity index (χ3n) is 16.2. The molecule has 0 radical (unpaired) electrons. The second-order valence-corrected chi connectivity index (χ2v) is 22.6. The maximum Gasteiger partial charge on any atom is 0.341 e. The Hall–Kier alpha value is -3.61. The topological polar surface area (TPSA) is 247 Å². The van der Waals surface area contributed by atoms with E-state index in [0.29, 0.717) is 42.9 Å². The van der Waals surface area contributed by atoms with E-state index in [0.717, 1.165) is 0 Å². The van der Waals surface area contributed by atoms with Gasteiger partial charge in [-0.1, -0.05) is 32.9 Å². The molecule has 0 spiro atoms. The molecular formula is C55H87N3O17. The number of carboxylic acid groups (broad SMARTS) is 1. The van der Waals surface area contributed by atoms with Crippen molar-refractivity contribution in [3.05, 3.63) is 45.8 Å². The number of aliphatic hydroxyl groups excluding tert-OH is 2. The molecule has 3 saturated heterocycles. The van der Waals surface area contributed by atoms with Gasteiger partial charge in [-0.25, -0.2) is 4.79 Å². The average molecular weight is 1060 g/mol. The number of aromatic carboxylic acids is 1. The number of methoxy groups -OCH3 is 1. The Morgan fingerprint density at radius 2 is 1.68 bits per heavy atom. The number of cyclic esters (lactones) is 1. The van der Waals surface area contributed by atoms with Gasteiger partial charge >= 0.3 is 11.9 Å². The molecule has 1 aromatic heterocycles. The molecule has 1 aromatic carbocycles. The summed E-state index contributed by atoms with van der Waals surface area (Å²) in [5.74, 6) is -3.55. The Morgan fingerprint density at radius 3 is 2.33 bits per heavy atom. The minimum absolute atomic E-state index is 0.151. The van der Waals surface area contributed by atoms with Crippen LogP contribution in [0.25, 0.3) is 17.0 Å². The van der Waals surface area contributed by atoms with Gasteiger partial charge < -0.3 is 82.5 Å². The smallest absolute Gasteiger partial charge is 0.341 e. The van der Waals surface area contributed by atoms with Crippen LogP contribution >= 0.6 is 0 Å². The molecule has 18 atom stereocenters. The molecule has 5 N–H and O–H groups in total. The lowest BCUT2D eigenvalue weighted by Gasteiger charge is -2.49. The SMILES string of the molecule is CC[C@H]1OC(=O)[C@H](C)[C@@H](O[C@H]2C[C@@](C)(OC)[C@@H](OCCOC/C=C/c3cc4c5c(c3)c(=O)c(C(=O)O)cn5CCO4)[C@H](C)O2)[C@H](C)[C@@H](O[C@@H]2O[C@H](C)C[C@H](N(C)C)[C@H]2O)[C@](C)(O)C[C@@H](C)CN(C)[C@H](C)[C@@H](O)[C@]1(C)O. The molecule has 4 aliphatic rings. The summed E-state index contributed by atoms with van der Waals surface area (Å²) in [7, 11) is 7.17. The van der Waals surface area contributed by atoms with Crippen LogP contribution in [-0.4, -0.2) is 203 Å². The zero-order valence-electron chi connectivity index (χ0n) is 46.6. The molecule has 0 bridgehead atoms. The van der Waals surface area contributed by atoms with Crippen molar-refractivity contribution in [3.8, 4) is 5.75 Å². The number of likely N-dealkylation sites (N-methyl/N-ethyl adjacent to an activating group) is 2. The van der Waals surface area contributed by atoms with Gasteiger partial charge in [0, 0.05) is 44.3 Å². The van der Waals surface area contributed by atoms with E-state index in [2.05, 4.69) is 0 Å². The minimum Gasteiger partial charge on any atom is -0.489 e. The number of pyridine rings is 1. The highest BCUT2D eigenvalue weighted by Gasteiger charge is 2.53. The molecule has 424 valence electrons. The summed E-state index contributed by atoms with van der Waals surface area (Å²) in [5, 5.41) is 58.0. The van der Waals surface area contributed by atoms with E-state index >= 15 is 0 Å². The highest BCUT2D eigenvalue weighted by molar-refractivity contribution is 5.95. The summed E-state index contributed by atoms with van der Waals surface area (Å²) in [5.41, 5.74) is -4.10. The van der Waals surface area contributed by atoms with Gasteiger partial charge in [-0.3, -0.25) is 9.59 Å². The third-order valence-corrected chi connectivity index (χ3v) is 16.2. The molecule has 0 aliphatic carbocycles. The van der Waals surface area contributed by atoms with Crippen molar-refractivity contribution in [1.82, 2.24) is 14.4 Å². The molecule has 20 nitrogen and oxygen atoms in total. The lowest BCUT2D eigenvalue weighted by Crippen LogP contribution is -2.61. The molecule has 0 amide bonds. The van der Waals surface area contributed by atoms with Gasteiger partial charge in [0.1, 0.15) is 47.9 Å². The van der Waals surface area contributed by atoms with Crippen molar-refractivity contribution >= 4 is 28.9 Å². The van der Waals surface area contributed by atoms with Crippen LogP contribution in [0.1, 0.15) is 111 Å². The summed E-state index contributed by atoms with van der Waals surface area (Å²) in [6.07, 6.45) is -3.30. The first-order valence-corrected chi connectivity index (χ1v) is 26.6. The number of hydrogen-bond acceptors (Lipinski definition) is 18. The van der Waals surface area contributed by atoms with E-state index in [1.54, 1.807) is 63.7 Å². The number of hydrogen-bond donors (Lipinski definition) is 5. The van der Waals surface area contributed by atoms with Crippen molar-refractivity contribution in [3.63, 3.8) is 0 Å². The lowest BCUT2D eigenvalue weighted by molar-refractivity contribution is -0.321. The number of rotatable bonds is 15. The normalized spacial score (nSPS) is 38.8. The fraction of sp³-hybridized carbons (Fsp3) is 0.764. The lowest BCUT2D eigenvalue weighted by atomic mass is 9.77. The van der Waals surface area contributed by atoms with Crippen molar-refractivity contribution in [2.45, 2.75) is 192 Å². The van der Waals surface area contributed by atoms with Gasteiger partial charge in [0.15, 0.2) is 12.6 Å². The second-order valence-electron chi connectivity index (χ2n) is 22.6. The first kappa shape index (κ1) is 60.6. The molecular weight excluding hydrogens is 975 g/mol. The van der Waals surface area contributed by atoms with Crippen LogP contribution in [0.3, 0.4) is 0 Å². The zero-order valence-corrected chi connectivity index (χ0v) is 46.6. The van der Waals surface area contributed by atoms with Gasteiger partial charge in [-0.05, 0) is 112 Å². The Labute approximate surface area is 442 Å². The van der Waals surface area contributed by atoms with Crippen LogP contribution in [0, 0.1) is 17.8 Å². The van der Waals surface area contributed by atoms with Crippen molar-refractivity contribution < 1.29 is 77.8 Å². The largest absolute Gasteiger partial charge is 0.489 e. The van der Waals surface area contributed by atoms with Crippen LogP contribution in [0.2, 0.25) is 0 Å². The number of nitrogens with zero attached hydrogens (tertiary/aromatic N) is 3. The quantitative estimate of drug-likeness (QED) is 0.125. The monoisotopic (exact) mass is 1060 g/mol. The van der Waals surface area contributed by atoms with E-state index in [9.17, 15) is 39.9 Å². The Morgan fingerprint density at radius 1 is 0.973 bits per heavy atom. The number of ether oxygens (including phenoxy) is 9. The summed E-state index contributed by atoms with van der Waals surface area (Å²) in [6, 6.07) is 2.57. The molecule has 75 heavy (non-hydrogen) atoms. The van der Waals surface area contributed by atoms with E-state index < -0.39 is 107 Å². The van der Waals surface area contributed by atoms with Crippen LogP contribution in [0.15, 0.2) is 29.2 Å². The molecule has 6 rings (SSSR count). The molecule has 3 fully saturated rings. The van der Waals surface area contributed by atoms with Gasteiger partial charge in [-0.15, -0.1) is 0 Å².